The van der Waals surface area contributed by atoms with Crippen molar-refractivity contribution in [3.8, 4) is 17.6 Å². The van der Waals surface area contributed by atoms with Gasteiger partial charge in [0.25, 0.3) is 0 Å². The normalized spacial score (nSPS) is 12.3. The van der Waals surface area contributed by atoms with Crippen LogP contribution in [0.15, 0.2) is 53.6 Å². The summed E-state index contributed by atoms with van der Waals surface area (Å²) in [4.78, 5) is 37.9. The quantitative estimate of drug-likeness (QED) is 0.173. The van der Waals surface area contributed by atoms with Crippen LogP contribution in [0.5, 0.6) is 11.5 Å². The number of nitriles is 1. The fourth-order valence-electron chi connectivity index (χ4n) is 3.73. The number of anilines is 1. The summed E-state index contributed by atoms with van der Waals surface area (Å²) in [5, 5.41) is 16.2. The molecular weight excluding hydrogens is 480 g/mol. The summed E-state index contributed by atoms with van der Waals surface area (Å²) in [6.07, 6.45) is 5.04. The van der Waals surface area contributed by atoms with E-state index in [-0.39, 0.29) is 11.5 Å². The van der Waals surface area contributed by atoms with E-state index in [0.29, 0.717) is 21.7 Å². The van der Waals surface area contributed by atoms with Gasteiger partial charge in [0, 0.05) is 4.88 Å². The average Bonchev–Trinajstić information content (AvgIpc) is 3.26. The van der Waals surface area contributed by atoms with E-state index in [1.54, 1.807) is 42.5 Å². The number of hydrogen-bond donors (Lipinski definition) is 2. The van der Waals surface area contributed by atoms with E-state index in [4.69, 9.17) is 9.47 Å². The molecule has 1 aliphatic rings. The summed E-state index contributed by atoms with van der Waals surface area (Å²) in [5.74, 6) is -1.90. The first kappa shape index (κ1) is 24.6. The van der Waals surface area contributed by atoms with E-state index in [2.05, 4.69) is 21.9 Å². The van der Waals surface area contributed by atoms with Crippen molar-refractivity contribution in [2.24, 2.45) is 5.10 Å². The monoisotopic (exact) mass is 502 g/mol. The molecule has 1 aliphatic carbocycles. The fourth-order valence-corrected chi connectivity index (χ4v) is 4.96. The molecule has 0 radical (unpaired) electrons. The molecule has 0 saturated carbocycles. The number of nitrogens with one attached hydrogen (secondary N) is 2. The summed E-state index contributed by atoms with van der Waals surface area (Å²) in [6, 6.07) is 15.4. The van der Waals surface area contributed by atoms with Crippen LogP contribution in [0.4, 0.5) is 5.00 Å². The molecule has 1 heterocycles. The summed E-state index contributed by atoms with van der Waals surface area (Å²) in [7, 11) is 1.43. The van der Waals surface area contributed by atoms with E-state index >= 15 is 0 Å². The molecule has 2 amide bonds. The van der Waals surface area contributed by atoms with Gasteiger partial charge < -0.3 is 14.8 Å². The number of ether oxygens (including phenoxy) is 2. The highest BCUT2D eigenvalue weighted by Gasteiger charge is 2.23. The lowest BCUT2D eigenvalue weighted by Crippen LogP contribution is -2.32. The van der Waals surface area contributed by atoms with Crippen molar-refractivity contribution in [1.29, 1.82) is 5.26 Å². The molecule has 0 fully saturated rings. The topological polar surface area (TPSA) is 130 Å². The first-order valence-corrected chi connectivity index (χ1v) is 12.0. The molecule has 36 heavy (non-hydrogen) atoms. The highest BCUT2D eigenvalue weighted by atomic mass is 32.1. The number of carbonyl (C=O) groups excluding carboxylic acids is 3. The van der Waals surface area contributed by atoms with Crippen molar-refractivity contribution in [2.45, 2.75) is 25.7 Å². The average molecular weight is 503 g/mol. The van der Waals surface area contributed by atoms with Gasteiger partial charge in [0.1, 0.15) is 11.1 Å². The Balaban J connectivity index is 1.37. The zero-order valence-corrected chi connectivity index (χ0v) is 20.2. The van der Waals surface area contributed by atoms with Crippen molar-refractivity contribution in [3.63, 3.8) is 0 Å². The number of methoxy groups -OCH3 is 1. The molecule has 182 valence electrons. The highest BCUT2D eigenvalue weighted by Crippen LogP contribution is 2.37. The molecule has 0 aliphatic heterocycles. The van der Waals surface area contributed by atoms with Crippen LogP contribution in [0.2, 0.25) is 0 Å². The largest absolute Gasteiger partial charge is 0.493 e. The summed E-state index contributed by atoms with van der Waals surface area (Å²) in [5.41, 5.74) is 4.50. The van der Waals surface area contributed by atoms with Gasteiger partial charge in [-0.05, 0) is 67.1 Å². The number of hydrazone groups is 1. The number of esters is 1. The summed E-state index contributed by atoms with van der Waals surface area (Å²) < 4.78 is 10.7. The predicted molar refractivity (Wildman–Crippen MR) is 134 cm³/mol. The first-order valence-electron chi connectivity index (χ1n) is 11.1. The number of thiophene rings is 1. The number of carbonyl (C=O) groups is 3. The smallest absolute Gasteiger partial charge is 0.343 e. The molecule has 9 nitrogen and oxygen atoms in total. The SMILES string of the molecule is COc1cc(/C=N/NC(=O)C(=O)Nc2sc3c(c2C#N)CCCC3)ccc1OC(=O)c1ccccc1. The minimum absolute atomic E-state index is 0.221. The van der Waals surface area contributed by atoms with Crippen molar-refractivity contribution in [2.75, 3.05) is 12.4 Å². The first-order chi connectivity index (χ1) is 17.5. The Kier molecular flexibility index (Phi) is 7.72. The molecule has 0 spiro atoms. The van der Waals surface area contributed by atoms with E-state index in [0.717, 1.165) is 36.1 Å². The minimum atomic E-state index is -0.970. The summed E-state index contributed by atoms with van der Waals surface area (Å²) >= 11 is 1.34. The second-order valence-corrected chi connectivity index (χ2v) is 8.95. The number of fused-ring (bicyclic) bond motifs is 1. The molecule has 0 atom stereocenters. The fraction of sp³-hybridized carbons (Fsp3) is 0.192. The van der Waals surface area contributed by atoms with E-state index in [1.807, 2.05) is 0 Å². The van der Waals surface area contributed by atoms with Crippen molar-refractivity contribution in [1.82, 2.24) is 5.43 Å². The lowest BCUT2D eigenvalue weighted by atomic mass is 9.96. The Labute approximate surface area is 211 Å². The Morgan fingerprint density at radius 2 is 1.83 bits per heavy atom. The maximum atomic E-state index is 12.3. The number of rotatable bonds is 6. The van der Waals surface area contributed by atoms with Crippen LogP contribution >= 0.6 is 11.3 Å². The zero-order valence-electron chi connectivity index (χ0n) is 19.4. The van der Waals surface area contributed by atoms with E-state index in [1.165, 1.54) is 30.7 Å². The van der Waals surface area contributed by atoms with Gasteiger partial charge in [-0.2, -0.15) is 10.4 Å². The van der Waals surface area contributed by atoms with Crippen molar-refractivity contribution in [3.05, 3.63) is 75.7 Å². The predicted octanol–water partition coefficient (Wildman–Crippen LogP) is 3.82. The van der Waals surface area contributed by atoms with Gasteiger partial charge >= 0.3 is 17.8 Å². The third kappa shape index (κ3) is 5.59. The van der Waals surface area contributed by atoms with Gasteiger partial charge in [-0.15, -0.1) is 11.3 Å². The van der Waals surface area contributed by atoms with Crippen LogP contribution in [0.1, 0.15) is 44.8 Å². The Hall–Kier alpha value is -4.49. The van der Waals surface area contributed by atoms with Crippen LogP contribution < -0.4 is 20.2 Å². The highest BCUT2D eigenvalue weighted by molar-refractivity contribution is 7.16. The second kappa shape index (κ2) is 11.3. The lowest BCUT2D eigenvalue weighted by molar-refractivity contribution is -0.136. The Morgan fingerprint density at radius 3 is 2.58 bits per heavy atom. The van der Waals surface area contributed by atoms with Gasteiger partial charge in [-0.3, -0.25) is 9.59 Å². The molecule has 2 N–H and O–H groups in total. The van der Waals surface area contributed by atoms with Crippen molar-refractivity contribution < 1.29 is 23.9 Å². The number of amides is 2. The molecular formula is C26H22N4O5S. The van der Waals surface area contributed by atoms with Crippen LogP contribution in [0, 0.1) is 11.3 Å². The molecule has 3 aromatic rings. The van der Waals surface area contributed by atoms with Crippen LogP contribution in [-0.4, -0.2) is 31.1 Å². The third-order valence-electron chi connectivity index (χ3n) is 5.50. The van der Waals surface area contributed by atoms with Gasteiger partial charge in [-0.1, -0.05) is 18.2 Å². The standard InChI is InChI=1S/C26H22N4O5S/c1-34-21-13-16(11-12-20(21)35-26(33)17-7-3-2-4-8-17)15-28-30-24(32)23(31)29-25-19(14-27)18-9-5-6-10-22(18)36-25/h2-4,7-8,11-13,15H,5-6,9-10H2,1H3,(H,29,31)(H,30,32)/b28-15+. The zero-order chi connectivity index (χ0) is 25.5. The van der Waals surface area contributed by atoms with Crippen LogP contribution in [-0.2, 0) is 22.4 Å². The second-order valence-electron chi connectivity index (χ2n) is 7.85. The molecule has 0 unspecified atom stereocenters. The molecule has 10 heteroatoms. The molecule has 0 bridgehead atoms. The van der Waals surface area contributed by atoms with Gasteiger partial charge in [0.2, 0.25) is 0 Å². The van der Waals surface area contributed by atoms with Crippen molar-refractivity contribution >= 4 is 40.3 Å². The maximum absolute atomic E-state index is 12.3. The van der Waals surface area contributed by atoms with Gasteiger partial charge in [0.15, 0.2) is 11.5 Å². The maximum Gasteiger partial charge on any atom is 0.343 e. The molecule has 0 saturated heterocycles. The molecule has 4 rings (SSSR count). The summed E-state index contributed by atoms with van der Waals surface area (Å²) in [6.45, 7) is 0. The minimum Gasteiger partial charge on any atom is -0.493 e. The lowest BCUT2D eigenvalue weighted by Gasteiger charge is -2.10. The Morgan fingerprint density at radius 1 is 1.06 bits per heavy atom. The number of hydrogen-bond acceptors (Lipinski definition) is 8. The Bertz CT molecular complexity index is 1370. The van der Waals surface area contributed by atoms with Crippen LogP contribution in [0.25, 0.3) is 0 Å². The van der Waals surface area contributed by atoms with Crippen LogP contribution in [0.3, 0.4) is 0 Å². The number of aryl methyl sites for hydroxylation is 1. The van der Waals surface area contributed by atoms with E-state index < -0.39 is 17.8 Å². The van der Waals surface area contributed by atoms with E-state index in [9.17, 15) is 19.6 Å². The van der Waals surface area contributed by atoms with Gasteiger partial charge in [0.05, 0.1) is 24.5 Å². The third-order valence-corrected chi connectivity index (χ3v) is 6.70. The molecule has 1 aromatic heterocycles. The number of benzene rings is 2. The molecule has 2 aromatic carbocycles. The van der Waals surface area contributed by atoms with Gasteiger partial charge in [-0.25, -0.2) is 10.2 Å². The number of nitrogens with zero attached hydrogens (tertiary/aromatic N) is 2.